The number of aromatic nitrogens is 2. The lowest BCUT2D eigenvalue weighted by atomic mass is 9.79. The second kappa shape index (κ2) is 5.39. The number of nitrogens with one attached hydrogen (secondary N) is 1. The molecule has 1 aromatic rings. The van der Waals surface area contributed by atoms with Crippen molar-refractivity contribution in [3.63, 3.8) is 0 Å². The quantitative estimate of drug-likeness (QED) is 0.848. The van der Waals surface area contributed by atoms with E-state index in [1.165, 1.54) is 19.3 Å². The molecular formula is C13H21N3. The molecule has 16 heavy (non-hydrogen) atoms. The van der Waals surface area contributed by atoms with Crippen LogP contribution in [0.4, 0.5) is 0 Å². The molecule has 1 heterocycles. The highest BCUT2D eigenvalue weighted by atomic mass is 15.1. The maximum absolute atomic E-state index is 4.08. The molecule has 1 aliphatic carbocycles. The van der Waals surface area contributed by atoms with E-state index in [2.05, 4.69) is 29.4 Å². The third kappa shape index (κ3) is 3.01. The largest absolute Gasteiger partial charge is 0.308 e. The Morgan fingerprint density at radius 3 is 2.88 bits per heavy atom. The summed E-state index contributed by atoms with van der Waals surface area (Å²) in [4.78, 5) is 0. The van der Waals surface area contributed by atoms with Crippen LogP contribution in [0.2, 0.25) is 0 Å². The number of hydrogen-bond donors (Lipinski definition) is 1. The fraction of sp³-hybridized carbons (Fsp3) is 0.692. The molecule has 1 fully saturated rings. The van der Waals surface area contributed by atoms with Gasteiger partial charge in [0, 0.05) is 18.8 Å². The van der Waals surface area contributed by atoms with Gasteiger partial charge in [-0.15, -0.1) is 0 Å². The number of rotatable bonds is 3. The molecule has 0 radical (unpaired) electrons. The van der Waals surface area contributed by atoms with Crippen LogP contribution in [0.25, 0.3) is 0 Å². The van der Waals surface area contributed by atoms with Crippen LogP contribution in [0.1, 0.15) is 38.8 Å². The van der Waals surface area contributed by atoms with Gasteiger partial charge in [0.05, 0.1) is 5.69 Å². The molecule has 0 bridgehead atoms. The lowest BCUT2D eigenvalue weighted by Gasteiger charge is -2.32. The fourth-order valence-electron chi connectivity index (χ4n) is 2.41. The summed E-state index contributed by atoms with van der Waals surface area (Å²) in [5.41, 5.74) is 1.04. The third-order valence-electron chi connectivity index (χ3n) is 3.80. The Bertz CT molecular complexity index is 312. The van der Waals surface area contributed by atoms with Crippen molar-refractivity contribution in [2.75, 3.05) is 0 Å². The summed E-state index contributed by atoms with van der Waals surface area (Å²) in [6.45, 7) is 5.57. The van der Waals surface area contributed by atoms with Crippen molar-refractivity contribution in [1.29, 1.82) is 0 Å². The highest BCUT2D eigenvalue weighted by Gasteiger charge is 2.23. The van der Waals surface area contributed by atoms with Gasteiger partial charge in [0.15, 0.2) is 0 Å². The van der Waals surface area contributed by atoms with Gasteiger partial charge in [-0.3, -0.25) is 0 Å². The van der Waals surface area contributed by atoms with Crippen molar-refractivity contribution in [1.82, 2.24) is 15.5 Å². The summed E-state index contributed by atoms with van der Waals surface area (Å²) in [5.74, 6) is 1.72. The first-order valence-corrected chi connectivity index (χ1v) is 6.25. The van der Waals surface area contributed by atoms with Crippen LogP contribution in [0.5, 0.6) is 0 Å². The average molecular weight is 219 g/mol. The van der Waals surface area contributed by atoms with Crippen LogP contribution in [0, 0.1) is 11.8 Å². The Kier molecular flexibility index (Phi) is 3.88. The summed E-state index contributed by atoms with van der Waals surface area (Å²) in [6, 6.07) is 4.62. The maximum Gasteiger partial charge on any atom is 0.0769 e. The Hall–Kier alpha value is -0.960. The number of hydrogen-bond acceptors (Lipinski definition) is 3. The van der Waals surface area contributed by atoms with E-state index in [-0.39, 0.29) is 0 Å². The van der Waals surface area contributed by atoms with Gasteiger partial charge in [-0.25, -0.2) is 0 Å². The first kappa shape index (κ1) is 11.5. The van der Waals surface area contributed by atoms with Crippen LogP contribution >= 0.6 is 0 Å². The van der Waals surface area contributed by atoms with Crippen molar-refractivity contribution in [3.05, 3.63) is 24.0 Å². The van der Waals surface area contributed by atoms with Gasteiger partial charge in [-0.05, 0) is 43.2 Å². The lowest BCUT2D eigenvalue weighted by molar-refractivity contribution is 0.225. The molecule has 2 rings (SSSR count). The molecule has 0 aliphatic heterocycles. The molecule has 0 aromatic carbocycles. The van der Waals surface area contributed by atoms with E-state index < -0.39 is 0 Å². The summed E-state index contributed by atoms with van der Waals surface area (Å²) in [7, 11) is 0. The summed E-state index contributed by atoms with van der Waals surface area (Å²) < 4.78 is 0. The van der Waals surface area contributed by atoms with Gasteiger partial charge in [-0.2, -0.15) is 10.2 Å². The SMILES string of the molecule is CC1CCC(NCc2cccnn2)CC1C. The second-order valence-corrected chi connectivity index (χ2v) is 5.06. The van der Waals surface area contributed by atoms with Crippen molar-refractivity contribution < 1.29 is 0 Å². The van der Waals surface area contributed by atoms with E-state index in [1.807, 2.05) is 12.1 Å². The molecule has 1 saturated carbocycles. The van der Waals surface area contributed by atoms with E-state index in [4.69, 9.17) is 0 Å². The first-order chi connectivity index (χ1) is 7.75. The normalized spacial score (nSPS) is 30.2. The molecule has 3 atom stereocenters. The van der Waals surface area contributed by atoms with Gasteiger partial charge >= 0.3 is 0 Å². The predicted octanol–water partition coefficient (Wildman–Crippen LogP) is 2.39. The van der Waals surface area contributed by atoms with Crippen LogP contribution in [-0.2, 0) is 6.54 Å². The Morgan fingerprint density at radius 1 is 1.31 bits per heavy atom. The monoisotopic (exact) mass is 219 g/mol. The van der Waals surface area contributed by atoms with Crippen LogP contribution < -0.4 is 5.32 Å². The van der Waals surface area contributed by atoms with Gasteiger partial charge < -0.3 is 5.32 Å². The molecule has 0 saturated heterocycles. The van der Waals surface area contributed by atoms with Crippen molar-refractivity contribution >= 4 is 0 Å². The average Bonchev–Trinajstić information content (AvgIpc) is 2.32. The van der Waals surface area contributed by atoms with Crippen molar-refractivity contribution in [2.24, 2.45) is 11.8 Å². The van der Waals surface area contributed by atoms with Crippen molar-refractivity contribution in [3.8, 4) is 0 Å². The molecule has 0 spiro atoms. The van der Waals surface area contributed by atoms with Gasteiger partial charge in [0.25, 0.3) is 0 Å². The number of nitrogens with zero attached hydrogens (tertiary/aromatic N) is 2. The Labute approximate surface area is 97.7 Å². The van der Waals surface area contributed by atoms with Crippen LogP contribution in [0.3, 0.4) is 0 Å². The van der Waals surface area contributed by atoms with E-state index >= 15 is 0 Å². The standard InChI is InChI=1S/C13H21N3/c1-10-5-6-12(8-11(10)2)14-9-13-4-3-7-15-16-13/h3-4,7,10-12,14H,5-6,8-9H2,1-2H3. The molecule has 3 heteroatoms. The van der Waals surface area contributed by atoms with E-state index in [0.717, 1.165) is 24.1 Å². The molecular weight excluding hydrogens is 198 g/mol. The molecule has 3 unspecified atom stereocenters. The minimum absolute atomic E-state index is 0.660. The van der Waals surface area contributed by atoms with E-state index in [9.17, 15) is 0 Å². The zero-order valence-electron chi connectivity index (χ0n) is 10.2. The molecule has 0 amide bonds. The minimum Gasteiger partial charge on any atom is -0.308 e. The Balaban J connectivity index is 1.79. The summed E-state index contributed by atoms with van der Waals surface area (Å²) in [5, 5.41) is 11.6. The zero-order valence-corrected chi connectivity index (χ0v) is 10.2. The second-order valence-electron chi connectivity index (χ2n) is 5.06. The topological polar surface area (TPSA) is 37.8 Å². The zero-order chi connectivity index (χ0) is 11.4. The minimum atomic E-state index is 0.660. The summed E-state index contributed by atoms with van der Waals surface area (Å²) >= 11 is 0. The van der Waals surface area contributed by atoms with Crippen molar-refractivity contribution in [2.45, 2.75) is 45.7 Å². The maximum atomic E-state index is 4.08. The van der Waals surface area contributed by atoms with Gasteiger partial charge in [0.1, 0.15) is 0 Å². The lowest BCUT2D eigenvalue weighted by Crippen LogP contribution is -2.35. The first-order valence-electron chi connectivity index (χ1n) is 6.25. The molecule has 1 N–H and O–H groups in total. The van der Waals surface area contributed by atoms with E-state index in [0.29, 0.717) is 6.04 Å². The summed E-state index contributed by atoms with van der Waals surface area (Å²) in [6.07, 6.45) is 5.65. The molecule has 1 aliphatic rings. The third-order valence-corrected chi connectivity index (χ3v) is 3.80. The molecule has 88 valence electrons. The van der Waals surface area contributed by atoms with Gasteiger partial charge in [0.2, 0.25) is 0 Å². The smallest absolute Gasteiger partial charge is 0.0769 e. The van der Waals surface area contributed by atoms with Crippen LogP contribution in [0.15, 0.2) is 18.3 Å². The predicted molar refractivity (Wildman–Crippen MR) is 64.8 cm³/mol. The molecule has 1 aromatic heterocycles. The van der Waals surface area contributed by atoms with Gasteiger partial charge in [-0.1, -0.05) is 13.8 Å². The fourth-order valence-corrected chi connectivity index (χ4v) is 2.41. The molecule has 3 nitrogen and oxygen atoms in total. The highest BCUT2D eigenvalue weighted by molar-refractivity contribution is 4.99. The highest BCUT2D eigenvalue weighted by Crippen LogP contribution is 2.29. The van der Waals surface area contributed by atoms with Crippen LogP contribution in [-0.4, -0.2) is 16.2 Å². The van der Waals surface area contributed by atoms with E-state index in [1.54, 1.807) is 6.20 Å². The Morgan fingerprint density at radius 2 is 2.19 bits per heavy atom.